The second kappa shape index (κ2) is 6.75. The van der Waals surface area contributed by atoms with Gasteiger partial charge in [-0.1, -0.05) is 29.8 Å². The third-order valence-corrected chi connectivity index (χ3v) is 4.45. The molecule has 0 spiro atoms. The minimum atomic E-state index is -0.810. The maximum absolute atomic E-state index is 13.6. The quantitative estimate of drug-likeness (QED) is 0.860. The van der Waals surface area contributed by atoms with Gasteiger partial charge in [-0.15, -0.1) is 0 Å². The van der Waals surface area contributed by atoms with E-state index in [1.54, 1.807) is 0 Å². The molecule has 1 aromatic rings. The monoisotopic (exact) mass is 306 g/mol. The van der Waals surface area contributed by atoms with Gasteiger partial charge < -0.3 is 0 Å². The highest BCUT2D eigenvalue weighted by atomic mass is 19.1. The maximum atomic E-state index is 13.6. The first kappa shape index (κ1) is 15.4. The fraction of sp³-hybridized carbons (Fsp3) is 0.588. The summed E-state index contributed by atoms with van der Waals surface area (Å²) in [5.41, 5.74) is 2.23. The zero-order valence-corrected chi connectivity index (χ0v) is 13.0. The summed E-state index contributed by atoms with van der Waals surface area (Å²) in [7, 11) is 0. The number of amides is 1. The number of rotatable bonds is 3. The summed E-state index contributed by atoms with van der Waals surface area (Å²) in [6.45, 7) is 4.16. The number of hydroxylamine groups is 2. The van der Waals surface area contributed by atoms with Gasteiger partial charge >= 0.3 is 0 Å². The highest BCUT2D eigenvalue weighted by molar-refractivity contribution is 5.81. The van der Waals surface area contributed by atoms with E-state index in [1.807, 2.05) is 36.1 Å². The van der Waals surface area contributed by atoms with Gasteiger partial charge in [0.25, 0.3) is 5.91 Å². The van der Waals surface area contributed by atoms with E-state index in [1.165, 1.54) is 10.6 Å². The number of carbonyl (C=O) groups is 1. The van der Waals surface area contributed by atoms with Crippen LogP contribution in [0.5, 0.6) is 0 Å². The molecule has 22 heavy (non-hydrogen) atoms. The van der Waals surface area contributed by atoms with Gasteiger partial charge in [0.05, 0.1) is 19.2 Å². The number of hydrogen-bond acceptors (Lipinski definition) is 3. The van der Waals surface area contributed by atoms with Gasteiger partial charge in [0, 0.05) is 6.54 Å². The molecule has 4 nitrogen and oxygen atoms in total. The van der Waals surface area contributed by atoms with Crippen LogP contribution in [0.3, 0.4) is 0 Å². The number of piperidine rings is 1. The number of alkyl halides is 1. The molecule has 1 aromatic carbocycles. The van der Waals surface area contributed by atoms with E-state index in [4.69, 9.17) is 4.84 Å². The molecule has 1 unspecified atom stereocenters. The van der Waals surface area contributed by atoms with E-state index in [2.05, 4.69) is 0 Å². The van der Waals surface area contributed by atoms with Crippen LogP contribution in [0.25, 0.3) is 0 Å². The molecular formula is C17H23FN2O2. The molecule has 0 bridgehead atoms. The van der Waals surface area contributed by atoms with E-state index in [-0.39, 0.29) is 11.9 Å². The molecule has 0 N–H and O–H groups in total. The van der Waals surface area contributed by atoms with Crippen molar-refractivity contribution in [1.82, 2.24) is 9.96 Å². The fourth-order valence-electron chi connectivity index (χ4n) is 3.19. The van der Waals surface area contributed by atoms with Gasteiger partial charge in [0.2, 0.25) is 0 Å². The van der Waals surface area contributed by atoms with Gasteiger partial charge in [-0.2, -0.15) is 0 Å². The Balaban J connectivity index is 1.65. The van der Waals surface area contributed by atoms with Crippen LogP contribution in [-0.2, 0) is 16.2 Å². The van der Waals surface area contributed by atoms with Gasteiger partial charge in [-0.3, -0.25) is 14.5 Å². The van der Waals surface area contributed by atoms with Crippen molar-refractivity contribution in [2.24, 2.45) is 0 Å². The Bertz CT molecular complexity index is 520. The van der Waals surface area contributed by atoms with Crippen molar-refractivity contribution in [1.29, 1.82) is 0 Å². The topological polar surface area (TPSA) is 32.8 Å². The van der Waals surface area contributed by atoms with Crippen LogP contribution in [0.1, 0.15) is 30.4 Å². The minimum absolute atomic E-state index is 0.0408. The van der Waals surface area contributed by atoms with E-state index in [9.17, 15) is 9.18 Å². The van der Waals surface area contributed by atoms with Crippen molar-refractivity contribution in [3.63, 3.8) is 0 Å². The summed E-state index contributed by atoms with van der Waals surface area (Å²) >= 11 is 0. The van der Waals surface area contributed by atoms with Gasteiger partial charge in [0.15, 0.2) is 0 Å². The number of hydrogen-bond donors (Lipinski definition) is 0. The summed E-state index contributed by atoms with van der Waals surface area (Å²) in [5, 5.41) is 1.45. The lowest BCUT2D eigenvalue weighted by atomic mass is 10.0. The van der Waals surface area contributed by atoms with E-state index >= 15 is 0 Å². The molecule has 2 aliphatic rings. The van der Waals surface area contributed by atoms with Crippen LogP contribution in [0.15, 0.2) is 24.3 Å². The molecule has 2 heterocycles. The summed E-state index contributed by atoms with van der Waals surface area (Å²) in [6.07, 6.45) is 1.27. The molecule has 2 fully saturated rings. The Morgan fingerprint density at radius 1 is 1.27 bits per heavy atom. The average molecular weight is 306 g/mol. The van der Waals surface area contributed by atoms with Crippen LogP contribution < -0.4 is 0 Å². The summed E-state index contributed by atoms with van der Waals surface area (Å²) < 4.78 is 13.6. The van der Waals surface area contributed by atoms with Crippen molar-refractivity contribution in [3.8, 4) is 0 Å². The zero-order chi connectivity index (χ0) is 15.5. The second-order valence-electron chi connectivity index (χ2n) is 6.23. The number of likely N-dealkylation sites (tertiary alicyclic amines) is 1. The van der Waals surface area contributed by atoms with Crippen LogP contribution >= 0.6 is 0 Å². The van der Waals surface area contributed by atoms with Crippen LogP contribution in [0, 0.1) is 6.92 Å². The smallest absolute Gasteiger partial charge is 0.263 e. The van der Waals surface area contributed by atoms with Gasteiger partial charge in [-0.05, 0) is 38.3 Å². The minimum Gasteiger partial charge on any atom is -0.289 e. The number of benzene rings is 1. The molecule has 2 atom stereocenters. The van der Waals surface area contributed by atoms with Crippen molar-refractivity contribution in [2.45, 2.75) is 44.9 Å². The van der Waals surface area contributed by atoms with Crippen molar-refractivity contribution in [2.75, 3.05) is 19.7 Å². The van der Waals surface area contributed by atoms with Crippen molar-refractivity contribution in [3.05, 3.63) is 35.4 Å². The first-order valence-electron chi connectivity index (χ1n) is 8.01. The molecule has 2 aliphatic heterocycles. The summed E-state index contributed by atoms with van der Waals surface area (Å²) in [4.78, 5) is 20.2. The predicted molar refractivity (Wildman–Crippen MR) is 81.8 cm³/mol. The SMILES string of the molecule is Cc1ccc(CN2OCCC(N3CCC[C@@H](F)C3)C2=O)cc1. The van der Waals surface area contributed by atoms with E-state index in [0.717, 1.165) is 18.5 Å². The average Bonchev–Trinajstić information content (AvgIpc) is 2.51. The zero-order valence-electron chi connectivity index (χ0n) is 13.0. The lowest BCUT2D eigenvalue weighted by Crippen LogP contribution is -2.55. The summed E-state index contributed by atoms with van der Waals surface area (Å²) in [5.74, 6) is -0.0408. The number of nitrogens with zero attached hydrogens (tertiary/aromatic N) is 2. The summed E-state index contributed by atoms with van der Waals surface area (Å²) in [6, 6.07) is 7.83. The Kier molecular flexibility index (Phi) is 4.74. The third kappa shape index (κ3) is 3.47. The standard InChI is InChI=1S/C17H23FN2O2/c1-13-4-6-14(7-5-13)11-20-17(21)16(8-10-22-20)19-9-2-3-15(18)12-19/h4-7,15-16H,2-3,8-12H2,1H3/t15-,16?/m1/s1. The molecule has 0 radical (unpaired) electrons. The molecule has 2 saturated heterocycles. The van der Waals surface area contributed by atoms with Gasteiger partial charge in [-0.25, -0.2) is 9.45 Å². The molecule has 0 aromatic heterocycles. The van der Waals surface area contributed by atoms with Crippen molar-refractivity contribution >= 4 is 5.91 Å². The third-order valence-electron chi connectivity index (χ3n) is 4.45. The molecule has 0 aliphatic carbocycles. The first-order chi connectivity index (χ1) is 10.6. The molecule has 120 valence electrons. The Labute approximate surface area is 130 Å². The Hall–Kier alpha value is -1.46. The van der Waals surface area contributed by atoms with Crippen LogP contribution in [0.2, 0.25) is 0 Å². The maximum Gasteiger partial charge on any atom is 0.263 e. The number of carbonyl (C=O) groups excluding carboxylic acids is 1. The lowest BCUT2D eigenvalue weighted by molar-refractivity contribution is -0.212. The highest BCUT2D eigenvalue weighted by Crippen LogP contribution is 2.22. The predicted octanol–water partition coefficient (Wildman–Crippen LogP) is 2.46. The van der Waals surface area contributed by atoms with Crippen molar-refractivity contribution < 1.29 is 14.0 Å². The lowest BCUT2D eigenvalue weighted by Gasteiger charge is -2.40. The van der Waals surface area contributed by atoms with E-state index < -0.39 is 6.17 Å². The largest absolute Gasteiger partial charge is 0.289 e. The Morgan fingerprint density at radius 3 is 2.77 bits per heavy atom. The van der Waals surface area contributed by atoms with Gasteiger partial charge in [0.1, 0.15) is 6.17 Å². The first-order valence-corrected chi connectivity index (χ1v) is 8.01. The number of aryl methyl sites for hydroxylation is 1. The Morgan fingerprint density at radius 2 is 2.05 bits per heavy atom. The fourth-order valence-corrected chi connectivity index (χ4v) is 3.19. The normalized spacial score (nSPS) is 27.2. The molecule has 1 amide bonds. The molecule has 5 heteroatoms. The molecular weight excluding hydrogens is 283 g/mol. The van der Waals surface area contributed by atoms with Crippen LogP contribution in [0.4, 0.5) is 4.39 Å². The van der Waals surface area contributed by atoms with Crippen LogP contribution in [-0.4, -0.2) is 47.8 Å². The highest BCUT2D eigenvalue weighted by Gasteiger charge is 2.36. The molecule has 0 saturated carbocycles. The number of halogens is 1. The van der Waals surface area contributed by atoms with E-state index in [0.29, 0.717) is 32.5 Å². The molecule has 3 rings (SSSR count). The second-order valence-corrected chi connectivity index (χ2v) is 6.23.